The third kappa shape index (κ3) is 3.66. The quantitative estimate of drug-likeness (QED) is 0.607. The third-order valence-electron chi connectivity index (χ3n) is 2.57. The number of sulfone groups is 1. The fourth-order valence-corrected chi connectivity index (χ4v) is 2.71. The topological polar surface area (TPSA) is 77.3 Å². The summed E-state index contributed by atoms with van der Waals surface area (Å²) in [5.74, 6) is -0.253. The van der Waals surface area contributed by atoms with E-state index in [1.54, 1.807) is 12.1 Å². The first-order valence-corrected chi connectivity index (χ1v) is 7.11. The molecule has 0 spiro atoms. The predicted molar refractivity (Wildman–Crippen MR) is 68.6 cm³/mol. The zero-order chi connectivity index (χ0) is 13.8. The van der Waals surface area contributed by atoms with Gasteiger partial charge in [0.15, 0.2) is 9.84 Å². The third-order valence-corrected chi connectivity index (χ3v) is 4.31. The van der Waals surface area contributed by atoms with E-state index < -0.39 is 14.8 Å². The molecule has 0 fully saturated rings. The van der Waals surface area contributed by atoms with Crippen LogP contribution in [0.3, 0.4) is 0 Å². The van der Waals surface area contributed by atoms with Gasteiger partial charge in [-0.05, 0) is 32.1 Å². The van der Waals surface area contributed by atoms with Crippen LogP contribution in [-0.2, 0) is 9.84 Å². The van der Waals surface area contributed by atoms with Gasteiger partial charge in [-0.3, -0.25) is 10.1 Å². The van der Waals surface area contributed by atoms with E-state index in [4.69, 9.17) is 0 Å². The van der Waals surface area contributed by atoms with Crippen molar-refractivity contribution in [2.75, 3.05) is 5.75 Å². The Hall–Kier alpha value is -1.69. The number of hydrogen-bond acceptors (Lipinski definition) is 4. The fourth-order valence-electron chi connectivity index (χ4n) is 1.44. The van der Waals surface area contributed by atoms with Crippen LogP contribution >= 0.6 is 0 Å². The highest BCUT2D eigenvalue weighted by molar-refractivity contribution is 7.91. The SMILES string of the molecule is C/C=C(\CCS(=O)(=O)c1ccc(C)cc1)[N+](=O)[O-]. The molecule has 0 aliphatic heterocycles. The standard InChI is InChI=1S/C12H15NO4S/c1-3-11(13(14)15)8-9-18(16,17)12-6-4-10(2)5-7-12/h3-7H,8-9H2,1-2H3/b11-3+. The van der Waals surface area contributed by atoms with E-state index in [-0.39, 0.29) is 22.8 Å². The largest absolute Gasteiger partial charge is 0.259 e. The Morgan fingerprint density at radius 2 is 1.89 bits per heavy atom. The lowest BCUT2D eigenvalue weighted by atomic mass is 10.2. The van der Waals surface area contributed by atoms with Crippen molar-refractivity contribution in [3.63, 3.8) is 0 Å². The monoisotopic (exact) mass is 269 g/mol. The summed E-state index contributed by atoms with van der Waals surface area (Å²) in [7, 11) is -3.46. The summed E-state index contributed by atoms with van der Waals surface area (Å²) < 4.78 is 23.9. The minimum Gasteiger partial charge on any atom is -0.259 e. The van der Waals surface area contributed by atoms with E-state index in [1.165, 1.54) is 25.1 Å². The number of nitro groups is 1. The van der Waals surface area contributed by atoms with Crippen molar-refractivity contribution in [2.45, 2.75) is 25.2 Å². The molecule has 0 amide bonds. The van der Waals surface area contributed by atoms with Crippen LogP contribution in [0.2, 0.25) is 0 Å². The number of hydrogen-bond donors (Lipinski definition) is 0. The van der Waals surface area contributed by atoms with Gasteiger partial charge in [0.2, 0.25) is 5.70 Å². The molecule has 0 saturated carbocycles. The van der Waals surface area contributed by atoms with Crippen LogP contribution in [0.25, 0.3) is 0 Å². The normalized spacial score (nSPS) is 12.4. The summed E-state index contributed by atoms with van der Waals surface area (Å²) >= 11 is 0. The number of aryl methyl sites for hydroxylation is 1. The molecule has 0 aliphatic carbocycles. The lowest BCUT2D eigenvalue weighted by Crippen LogP contribution is -2.10. The Balaban J connectivity index is 2.83. The molecular formula is C12H15NO4S. The molecule has 0 aromatic heterocycles. The molecular weight excluding hydrogens is 254 g/mol. The van der Waals surface area contributed by atoms with Crippen LogP contribution in [0.15, 0.2) is 40.9 Å². The average Bonchev–Trinajstić information content (AvgIpc) is 2.29. The molecule has 0 N–H and O–H groups in total. The molecule has 0 unspecified atom stereocenters. The number of allylic oxidation sites excluding steroid dienone is 2. The van der Waals surface area contributed by atoms with Crippen molar-refractivity contribution in [2.24, 2.45) is 0 Å². The van der Waals surface area contributed by atoms with Crippen LogP contribution in [-0.4, -0.2) is 19.1 Å². The van der Waals surface area contributed by atoms with Crippen LogP contribution < -0.4 is 0 Å². The van der Waals surface area contributed by atoms with Crippen LogP contribution in [0, 0.1) is 17.0 Å². The molecule has 18 heavy (non-hydrogen) atoms. The summed E-state index contributed by atoms with van der Waals surface area (Å²) in [6, 6.07) is 6.45. The maximum atomic E-state index is 11.9. The van der Waals surface area contributed by atoms with E-state index in [0.29, 0.717) is 0 Å². The Bertz CT molecular complexity index is 558. The lowest BCUT2D eigenvalue weighted by molar-refractivity contribution is -0.427. The molecule has 0 heterocycles. The maximum Gasteiger partial charge on any atom is 0.243 e. The van der Waals surface area contributed by atoms with Gasteiger partial charge in [-0.25, -0.2) is 8.42 Å². The Morgan fingerprint density at radius 1 is 1.33 bits per heavy atom. The van der Waals surface area contributed by atoms with E-state index >= 15 is 0 Å². The van der Waals surface area contributed by atoms with Gasteiger partial charge in [0, 0.05) is 0 Å². The molecule has 98 valence electrons. The van der Waals surface area contributed by atoms with Crippen molar-refractivity contribution in [3.05, 3.63) is 51.7 Å². The summed E-state index contributed by atoms with van der Waals surface area (Å²) in [5, 5.41) is 10.6. The zero-order valence-corrected chi connectivity index (χ0v) is 11.1. The smallest absolute Gasteiger partial charge is 0.243 e. The molecule has 5 nitrogen and oxygen atoms in total. The summed E-state index contributed by atoms with van der Waals surface area (Å²) in [5.41, 5.74) is 0.888. The van der Waals surface area contributed by atoms with Gasteiger partial charge in [0.05, 0.1) is 22.0 Å². The molecule has 0 aliphatic rings. The highest BCUT2D eigenvalue weighted by Gasteiger charge is 2.18. The van der Waals surface area contributed by atoms with E-state index in [1.807, 2.05) is 6.92 Å². The molecule has 1 aromatic rings. The summed E-state index contributed by atoms with van der Waals surface area (Å²) in [4.78, 5) is 10.2. The molecule has 0 bridgehead atoms. The van der Waals surface area contributed by atoms with Gasteiger partial charge in [0.25, 0.3) is 0 Å². The molecule has 0 radical (unpaired) electrons. The van der Waals surface area contributed by atoms with Gasteiger partial charge in [-0.15, -0.1) is 0 Å². The number of benzene rings is 1. The molecule has 1 rings (SSSR count). The van der Waals surface area contributed by atoms with Gasteiger partial charge < -0.3 is 0 Å². The zero-order valence-electron chi connectivity index (χ0n) is 10.3. The first kappa shape index (κ1) is 14.4. The van der Waals surface area contributed by atoms with Crippen molar-refractivity contribution in [1.82, 2.24) is 0 Å². The highest BCUT2D eigenvalue weighted by Crippen LogP contribution is 2.15. The average molecular weight is 269 g/mol. The van der Waals surface area contributed by atoms with Gasteiger partial charge in [-0.2, -0.15) is 0 Å². The fraction of sp³-hybridized carbons (Fsp3) is 0.333. The second-order valence-corrected chi connectivity index (χ2v) is 6.03. The summed E-state index contributed by atoms with van der Waals surface area (Å²) in [6.07, 6.45) is 1.24. The Labute approximate surface area is 106 Å². The van der Waals surface area contributed by atoms with E-state index in [0.717, 1.165) is 5.56 Å². The number of rotatable bonds is 5. The van der Waals surface area contributed by atoms with Crippen molar-refractivity contribution in [3.8, 4) is 0 Å². The van der Waals surface area contributed by atoms with Crippen LogP contribution in [0.5, 0.6) is 0 Å². The van der Waals surface area contributed by atoms with E-state index in [9.17, 15) is 18.5 Å². The van der Waals surface area contributed by atoms with Gasteiger partial charge in [-0.1, -0.05) is 17.7 Å². The molecule has 0 atom stereocenters. The number of nitrogens with zero attached hydrogens (tertiary/aromatic N) is 1. The minimum atomic E-state index is -3.46. The van der Waals surface area contributed by atoms with Gasteiger partial charge in [0.1, 0.15) is 0 Å². The second kappa shape index (κ2) is 5.77. The van der Waals surface area contributed by atoms with E-state index in [2.05, 4.69) is 0 Å². The van der Waals surface area contributed by atoms with Crippen molar-refractivity contribution >= 4 is 9.84 Å². The molecule has 1 aromatic carbocycles. The lowest BCUT2D eigenvalue weighted by Gasteiger charge is -2.03. The second-order valence-electron chi connectivity index (χ2n) is 3.92. The molecule has 6 heteroatoms. The Morgan fingerprint density at radius 3 is 2.33 bits per heavy atom. The van der Waals surface area contributed by atoms with Crippen molar-refractivity contribution in [1.29, 1.82) is 0 Å². The maximum absolute atomic E-state index is 11.9. The van der Waals surface area contributed by atoms with Crippen molar-refractivity contribution < 1.29 is 13.3 Å². The minimum absolute atomic E-state index is 0.0781. The first-order valence-electron chi connectivity index (χ1n) is 5.46. The van der Waals surface area contributed by atoms with Crippen LogP contribution in [0.4, 0.5) is 0 Å². The predicted octanol–water partition coefficient (Wildman–Crippen LogP) is 2.34. The highest BCUT2D eigenvalue weighted by atomic mass is 32.2. The first-order chi connectivity index (χ1) is 8.36. The Kier molecular flexibility index (Phi) is 4.61. The van der Waals surface area contributed by atoms with Gasteiger partial charge >= 0.3 is 0 Å². The van der Waals surface area contributed by atoms with Crippen LogP contribution in [0.1, 0.15) is 18.9 Å². The molecule has 0 saturated heterocycles. The summed E-state index contributed by atoms with van der Waals surface area (Å²) in [6.45, 7) is 3.39.